The quantitative estimate of drug-likeness (QED) is 0.169. The fourth-order valence-electron chi connectivity index (χ4n) is 9.78. The smallest absolute Gasteiger partial charge is 0.235 e. The van der Waals surface area contributed by atoms with Gasteiger partial charge >= 0.3 is 0 Å². The summed E-state index contributed by atoms with van der Waals surface area (Å²) in [5.74, 6) is 0.650. The molecule has 0 spiro atoms. The Kier molecular flexibility index (Phi) is 6.41. The Morgan fingerprint density at radius 1 is 0.362 bits per heavy atom. The number of hydrogen-bond acceptors (Lipinski definition) is 2. The van der Waals surface area contributed by atoms with Gasteiger partial charge in [-0.25, -0.2) is 9.97 Å². The second kappa shape index (κ2) is 11.8. The maximum Gasteiger partial charge on any atom is 0.235 e. The molecule has 4 nitrogen and oxygen atoms in total. The average molecular weight is 737 g/mol. The molecule has 58 heavy (non-hydrogen) atoms. The van der Waals surface area contributed by atoms with E-state index in [4.69, 9.17) is 9.97 Å². The van der Waals surface area contributed by atoms with Gasteiger partial charge in [0.25, 0.3) is 0 Å². The topological polar surface area (TPSA) is 35.6 Å². The second-order valence-electron chi connectivity index (χ2n) is 15.3. The molecule has 0 radical (unpaired) electrons. The van der Waals surface area contributed by atoms with Crippen LogP contribution in [0.4, 0.5) is 0 Å². The van der Waals surface area contributed by atoms with Crippen LogP contribution in [0.2, 0.25) is 0 Å². The molecule has 4 heteroatoms. The summed E-state index contributed by atoms with van der Waals surface area (Å²) in [4.78, 5) is 11.1. The molecule has 0 bridgehead atoms. The van der Waals surface area contributed by atoms with Crippen LogP contribution in [0.3, 0.4) is 0 Å². The van der Waals surface area contributed by atoms with Gasteiger partial charge in [-0.15, -0.1) is 0 Å². The number of nitrogens with zero attached hydrogens (tertiary/aromatic N) is 4. The minimum Gasteiger partial charge on any atom is -0.308 e. The first-order chi connectivity index (χ1) is 28.8. The van der Waals surface area contributed by atoms with Crippen molar-refractivity contribution in [3.05, 3.63) is 194 Å². The van der Waals surface area contributed by atoms with E-state index in [9.17, 15) is 0 Å². The third-order valence-electron chi connectivity index (χ3n) is 12.3. The molecule has 0 aliphatic carbocycles. The van der Waals surface area contributed by atoms with Gasteiger partial charge in [0.15, 0.2) is 0 Å². The molecule has 3 aromatic heterocycles. The van der Waals surface area contributed by atoms with Gasteiger partial charge in [-0.1, -0.05) is 164 Å². The van der Waals surface area contributed by atoms with Gasteiger partial charge in [0.05, 0.1) is 39.0 Å². The van der Waals surface area contributed by atoms with Crippen molar-refractivity contribution in [2.75, 3.05) is 0 Å². The first-order valence-electron chi connectivity index (χ1n) is 19.8. The van der Waals surface area contributed by atoms with Gasteiger partial charge in [-0.3, -0.25) is 4.57 Å². The van der Waals surface area contributed by atoms with Crippen LogP contribution >= 0.6 is 0 Å². The van der Waals surface area contributed by atoms with Crippen LogP contribution in [0.25, 0.3) is 122 Å². The fourth-order valence-corrected chi connectivity index (χ4v) is 9.78. The lowest BCUT2D eigenvalue weighted by atomic mass is 9.91. The first kappa shape index (κ1) is 31.4. The van der Waals surface area contributed by atoms with E-state index >= 15 is 0 Å². The minimum atomic E-state index is 0.650. The summed E-state index contributed by atoms with van der Waals surface area (Å²) < 4.78 is 4.81. The second-order valence-corrected chi connectivity index (χ2v) is 15.3. The molecule has 0 atom stereocenters. The van der Waals surface area contributed by atoms with Crippen LogP contribution in [-0.2, 0) is 0 Å². The summed E-state index contributed by atoms with van der Waals surface area (Å²) >= 11 is 0. The van der Waals surface area contributed by atoms with Crippen molar-refractivity contribution in [3.63, 3.8) is 0 Å². The molecular weight excluding hydrogens is 705 g/mol. The third kappa shape index (κ3) is 4.29. The van der Waals surface area contributed by atoms with E-state index in [0.717, 1.165) is 38.6 Å². The summed E-state index contributed by atoms with van der Waals surface area (Å²) in [7, 11) is 0. The molecule has 0 amide bonds. The zero-order chi connectivity index (χ0) is 37.9. The third-order valence-corrected chi connectivity index (χ3v) is 12.3. The molecule has 4 heterocycles. The molecule has 1 aliphatic rings. The Labute approximate surface area is 333 Å². The number of aromatic nitrogens is 4. The van der Waals surface area contributed by atoms with Gasteiger partial charge in [0.2, 0.25) is 5.95 Å². The van der Waals surface area contributed by atoms with Crippen LogP contribution in [0.15, 0.2) is 194 Å². The van der Waals surface area contributed by atoms with E-state index in [2.05, 4.69) is 203 Å². The van der Waals surface area contributed by atoms with E-state index < -0.39 is 0 Å². The predicted octanol–water partition coefficient (Wildman–Crippen LogP) is 14.0. The maximum absolute atomic E-state index is 5.63. The zero-order valence-corrected chi connectivity index (χ0v) is 31.3. The lowest BCUT2D eigenvalue weighted by Gasteiger charge is -2.15. The highest BCUT2D eigenvalue weighted by atomic mass is 15.2. The van der Waals surface area contributed by atoms with Crippen molar-refractivity contribution in [1.29, 1.82) is 0 Å². The zero-order valence-electron chi connectivity index (χ0n) is 31.3. The van der Waals surface area contributed by atoms with Crippen molar-refractivity contribution >= 4 is 65.3 Å². The van der Waals surface area contributed by atoms with E-state index in [1.807, 2.05) is 0 Å². The van der Waals surface area contributed by atoms with Gasteiger partial charge in [-0.05, 0) is 63.4 Å². The molecule has 12 aromatic rings. The monoisotopic (exact) mass is 736 g/mol. The summed E-state index contributed by atoms with van der Waals surface area (Å²) in [6.45, 7) is 0. The highest BCUT2D eigenvalue weighted by molar-refractivity contribution is 6.28. The average Bonchev–Trinajstić information content (AvgIpc) is 3.76. The van der Waals surface area contributed by atoms with Crippen LogP contribution in [0, 0.1) is 0 Å². The summed E-state index contributed by atoms with van der Waals surface area (Å²) in [6, 6.07) is 70.1. The number of rotatable bonds is 3. The fraction of sp³-hybridized carbons (Fsp3) is 0. The van der Waals surface area contributed by atoms with Crippen molar-refractivity contribution < 1.29 is 0 Å². The molecule has 1 aliphatic heterocycles. The SMILES string of the molecule is c1ccc(-c2ccc(-c3nc(-n4c5ccccc5c5c6c7c(cc54)c4ccccc4n7-c4ccccc4-c4ccccc4-6)nc4ccc5ccccc5c34)cc2)cc1. The molecule has 0 saturated heterocycles. The molecule has 9 aromatic carbocycles. The minimum absolute atomic E-state index is 0.650. The lowest BCUT2D eigenvalue weighted by molar-refractivity contribution is 1.01. The lowest BCUT2D eigenvalue weighted by Crippen LogP contribution is -2.04. The highest BCUT2D eigenvalue weighted by Gasteiger charge is 2.29. The normalized spacial score (nSPS) is 12.1. The molecule has 13 rings (SSSR count). The summed E-state index contributed by atoms with van der Waals surface area (Å²) in [6.07, 6.45) is 0. The van der Waals surface area contributed by atoms with Crippen molar-refractivity contribution in [1.82, 2.24) is 19.1 Å². The molecule has 0 unspecified atom stereocenters. The first-order valence-corrected chi connectivity index (χ1v) is 19.8. The van der Waals surface area contributed by atoms with E-state index in [1.54, 1.807) is 0 Å². The molecule has 0 fully saturated rings. The Balaban J connectivity index is 1.18. The maximum atomic E-state index is 5.63. The van der Waals surface area contributed by atoms with Crippen LogP contribution in [0.1, 0.15) is 0 Å². The van der Waals surface area contributed by atoms with E-state index in [1.165, 1.54) is 77.0 Å². The Hall–Kier alpha value is -7.82. The molecular formula is C54H32N4. The van der Waals surface area contributed by atoms with Gasteiger partial charge < -0.3 is 4.57 Å². The van der Waals surface area contributed by atoms with Gasteiger partial charge in [0, 0.05) is 43.6 Å². The van der Waals surface area contributed by atoms with Crippen molar-refractivity contribution in [3.8, 4) is 56.3 Å². The summed E-state index contributed by atoms with van der Waals surface area (Å²) in [5, 5.41) is 8.15. The van der Waals surface area contributed by atoms with Crippen LogP contribution < -0.4 is 0 Å². The number of para-hydroxylation sites is 3. The number of benzene rings is 9. The van der Waals surface area contributed by atoms with Gasteiger partial charge in [-0.2, -0.15) is 0 Å². The molecule has 0 saturated carbocycles. The van der Waals surface area contributed by atoms with E-state index in [0.29, 0.717) is 5.95 Å². The molecule has 268 valence electrons. The standard InChI is InChI=1S/C54H32N4/c1-2-14-33(15-3-1)34-26-28-36(29-27-34)52-49-37-17-5-4-16-35(37)30-31-44(49)55-54(56-52)58-47-25-13-10-22-42(47)50-48(58)32-43-40-20-9-12-24-46(40)57-45-23-11-8-19-39(45)38-18-6-7-21-41(38)51(50)53(43)57/h1-32H. The Bertz CT molecular complexity index is 3670. The predicted molar refractivity (Wildman–Crippen MR) is 241 cm³/mol. The Morgan fingerprint density at radius 3 is 1.81 bits per heavy atom. The number of fused-ring (bicyclic) bond motifs is 15. The van der Waals surface area contributed by atoms with Crippen molar-refractivity contribution in [2.45, 2.75) is 0 Å². The highest BCUT2D eigenvalue weighted by Crippen LogP contribution is 2.51. The largest absolute Gasteiger partial charge is 0.308 e. The summed E-state index contributed by atoms with van der Waals surface area (Å²) in [5.41, 5.74) is 15.9. The Morgan fingerprint density at radius 2 is 0.983 bits per heavy atom. The van der Waals surface area contributed by atoms with E-state index in [-0.39, 0.29) is 0 Å². The van der Waals surface area contributed by atoms with Crippen molar-refractivity contribution in [2.24, 2.45) is 0 Å². The van der Waals surface area contributed by atoms with Crippen LogP contribution in [0.5, 0.6) is 0 Å². The van der Waals surface area contributed by atoms with Crippen LogP contribution in [-0.4, -0.2) is 19.1 Å². The van der Waals surface area contributed by atoms with Gasteiger partial charge in [0.1, 0.15) is 0 Å². The number of hydrogen-bond donors (Lipinski definition) is 0. The molecule has 0 N–H and O–H groups in total.